The lowest BCUT2D eigenvalue weighted by Crippen LogP contribution is -1.94. The van der Waals surface area contributed by atoms with Crippen LogP contribution in [0.1, 0.15) is 36.5 Å². The van der Waals surface area contributed by atoms with Gasteiger partial charge < -0.3 is 4.74 Å². The Morgan fingerprint density at radius 3 is 2.65 bits per heavy atom. The molecule has 0 unspecified atom stereocenters. The largest absolute Gasteiger partial charge is 0.439 e. The van der Waals surface area contributed by atoms with Gasteiger partial charge in [0.1, 0.15) is 10.9 Å². The number of benzene rings is 1. The molecule has 4 heteroatoms. The van der Waals surface area contributed by atoms with Crippen molar-refractivity contribution in [3.8, 4) is 17.7 Å². The minimum absolute atomic E-state index is 0.247. The molecular formula is C16H15ClN2O. The Morgan fingerprint density at radius 1 is 1.25 bits per heavy atom. The van der Waals surface area contributed by atoms with Crippen molar-refractivity contribution in [1.82, 2.24) is 4.98 Å². The molecule has 2 rings (SSSR count). The molecule has 0 aliphatic heterocycles. The topological polar surface area (TPSA) is 45.9 Å². The van der Waals surface area contributed by atoms with E-state index >= 15 is 0 Å². The lowest BCUT2D eigenvalue weighted by atomic mass is 10.0. The molecule has 0 radical (unpaired) electrons. The number of nitrogens with zero attached hydrogens (tertiary/aromatic N) is 2. The van der Waals surface area contributed by atoms with E-state index in [1.165, 1.54) is 11.6 Å². The second kappa shape index (κ2) is 5.94. The molecule has 0 saturated carbocycles. The van der Waals surface area contributed by atoms with Gasteiger partial charge in [0.05, 0.1) is 11.6 Å². The number of rotatable bonds is 3. The van der Waals surface area contributed by atoms with Crippen molar-refractivity contribution in [1.29, 1.82) is 5.26 Å². The smallest absolute Gasteiger partial charge is 0.221 e. The van der Waals surface area contributed by atoms with Gasteiger partial charge in [-0.25, -0.2) is 4.98 Å². The van der Waals surface area contributed by atoms with E-state index in [0.717, 1.165) is 11.3 Å². The number of pyridine rings is 1. The third-order valence-corrected chi connectivity index (χ3v) is 3.19. The molecule has 1 aromatic heterocycles. The van der Waals surface area contributed by atoms with E-state index in [2.05, 4.69) is 24.9 Å². The molecule has 2 aromatic rings. The first-order valence-corrected chi connectivity index (χ1v) is 6.73. The summed E-state index contributed by atoms with van der Waals surface area (Å²) in [6.45, 7) is 6.22. The van der Waals surface area contributed by atoms with Crippen LogP contribution in [0.5, 0.6) is 11.6 Å². The van der Waals surface area contributed by atoms with E-state index < -0.39 is 0 Å². The van der Waals surface area contributed by atoms with Crippen LogP contribution >= 0.6 is 11.6 Å². The summed E-state index contributed by atoms with van der Waals surface area (Å²) in [6, 6.07) is 11.2. The van der Waals surface area contributed by atoms with E-state index in [4.69, 9.17) is 21.6 Å². The average molecular weight is 287 g/mol. The molecule has 102 valence electrons. The number of hydrogen-bond donors (Lipinski definition) is 0. The first-order valence-electron chi connectivity index (χ1n) is 6.35. The van der Waals surface area contributed by atoms with Crippen molar-refractivity contribution < 1.29 is 4.74 Å². The van der Waals surface area contributed by atoms with Crippen molar-refractivity contribution in [2.75, 3.05) is 0 Å². The van der Waals surface area contributed by atoms with Crippen LogP contribution in [0.25, 0.3) is 0 Å². The molecule has 0 bridgehead atoms. The van der Waals surface area contributed by atoms with Gasteiger partial charge in [0.25, 0.3) is 0 Å². The summed E-state index contributed by atoms with van der Waals surface area (Å²) in [5, 5.41) is 9.18. The third-order valence-electron chi connectivity index (χ3n) is 2.99. The van der Waals surface area contributed by atoms with Gasteiger partial charge in [0, 0.05) is 6.07 Å². The van der Waals surface area contributed by atoms with E-state index in [0.29, 0.717) is 17.4 Å². The summed E-state index contributed by atoms with van der Waals surface area (Å²) in [7, 11) is 0. The van der Waals surface area contributed by atoms with Crippen LogP contribution in [0.2, 0.25) is 5.15 Å². The van der Waals surface area contributed by atoms with Crippen LogP contribution in [-0.4, -0.2) is 4.98 Å². The molecule has 0 N–H and O–H groups in total. The number of aromatic nitrogens is 1. The highest BCUT2D eigenvalue weighted by atomic mass is 35.5. The normalized spacial score (nSPS) is 10.4. The van der Waals surface area contributed by atoms with E-state index in [9.17, 15) is 0 Å². The van der Waals surface area contributed by atoms with Crippen LogP contribution in [0.3, 0.4) is 0 Å². The van der Waals surface area contributed by atoms with Gasteiger partial charge in [-0.2, -0.15) is 5.26 Å². The molecule has 20 heavy (non-hydrogen) atoms. The molecular weight excluding hydrogens is 272 g/mol. The molecule has 0 atom stereocenters. The van der Waals surface area contributed by atoms with Gasteiger partial charge in [-0.05, 0) is 36.1 Å². The quantitative estimate of drug-likeness (QED) is 0.759. The van der Waals surface area contributed by atoms with Gasteiger partial charge in [0.2, 0.25) is 5.88 Å². The van der Waals surface area contributed by atoms with Gasteiger partial charge in [-0.15, -0.1) is 0 Å². The number of ether oxygens (including phenoxy) is 1. The molecule has 0 aliphatic carbocycles. The first-order chi connectivity index (χ1) is 9.49. The third kappa shape index (κ3) is 3.28. The average Bonchev–Trinajstić information content (AvgIpc) is 2.40. The number of halogens is 1. The lowest BCUT2D eigenvalue weighted by Gasteiger charge is -2.12. The zero-order valence-corrected chi connectivity index (χ0v) is 12.4. The maximum absolute atomic E-state index is 8.93. The highest BCUT2D eigenvalue weighted by Gasteiger charge is 2.08. The molecule has 0 aliphatic rings. The Balaban J connectivity index is 2.37. The highest BCUT2D eigenvalue weighted by molar-refractivity contribution is 6.29. The van der Waals surface area contributed by atoms with Gasteiger partial charge in [0.15, 0.2) is 0 Å². The van der Waals surface area contributed by atoms with E-state index in [1.54, 1.807) is 6.07 Å². The Morgan fingerprint density at radius 2 is 2.00 bits per heavy atom. The van der Waals surface area contributed by atoms with Crippen LogP contribution in [0.4, 0.5) is 0 Å². The molecule has 0 saturated heterocycles. The lowest BCUT2D eigenvalue weighted by molar-refractivity contribution is 0.458. The van der Waals surface area contributed by atoms with Crippen LogP contribution < -0.4 is 4.74 Å². The molecule has 1 heterocycles. The summed E-state index contributed by atoms with van der Waals surface area (Å²) in [4.78, 5) is 4.08. The minimum Gasteiger partial charge on any atom is -0.439 e. The molecule has 0 spiro atoms. The molecule has 0 amide bonds. The predicted octanol–water partition coefficient (Wildman–Crippen LogP) is 4.83. The molecule has 0 fully saturated rings. The SMILES string of the molecule is Cc1ccc(C(C)C)cc1Oc1cc(C#N)cc(Cl)n1. The van der Waals surface area contributed by atoms with Crippen molar-refractivity contribution in [2.24, 2.45) is 0 Å². The Hall–Kier alpha value is -2.05. The van der Waals surface area contributed by atoms with Crippen LogP contribution in [0, 0.1) is 18.3 Å². The maximum Gasteiger partial charge on any atom is 0.221 e. The predicted molar refractivity (Wildman–Crippen MR) is 79.3 cm³/mol. The van der Waals surface area contributed by atoms with Crippen molar-refractivity contribution in [3.63, 3.8) is 0 Å². The van der Waals surface area contributed by atoms with Crippen LogP contribution in [-0.2, 0) is 0 Å². The summed E-state index contributed by atoms with van der Waals surface area (Å²) >= 11 is 5.87. The van der Waals surface area contributed by atoms with Crippen molar-refractivity contribution in [2.45, 2.75) is 26.7 Å². The molecule has 1 aromatic carbocycles. The minimum atomic E-state index is 0.247. The van der Waals surface area contributed by atoms with E-state index in [1.807, 2.05) is 25.1 Å². The zero-order valence-electron chi connectivity index (χ0n) is 11.6. The zero-order chi connectivity index (χ0) is 14.7. The summed E-state index contributed by atoms with van der Waals surface area (Å²) in [6.07, 6.45) is 0. The van der Waals surface area contributed by atoms with Gasteiger partial charge in [-0.3, -0.25) is 0 Å². The second-order valence-electron chi connectivity index (χ2n) is 4.91. The summed E-state index contributed by atoms with van der Waals surface area (Å²) < 4.78 is 5.78. The summed E-state index contributed by atoms with van der Waals surface area (Å²) in [5.74, 6) is 1.48. The maximum atomic E-state index is 8.93. The number of aryl methyl sites for hydroxylation is 1. The van der Waals surface area contributed by atoms with Crippen molar-refractivity contribution >= 4 is 11.6 Å². The highest BCUT2D eigenvalue weighted by Crippen LogP contribution is 2.29. The molecule has 3 nitrogen and oxygen atoms in total. The Kier molecular flexibility index (Phi) is 4.26. The Bertz CT molecular complexity index is 675. The van der Waals surface area contributed by atoms with Crippen molar-refractivity contribution in [3.05, 3.63) is 52.2 Å². The second-order valence-corrected chi connectivity index (χ2v) is 5.30. The number of hydrogen-bond acceptors (Lipinski definition) is 3. The Labute approximate surface area is 123 Å². The fourth-order valence-electron chi connectivity index (χ4n) is 1.79. The standard InChI is InChI=1S/C16H15ClN2O/c1-10(2)13-5-4-11(3)14(8-13)20-16-7-12(9-18)6-15(17)19-16/h4-8,10H,1-3H3. The monoisotopic (exact) mass is 286 g/mol. The van der Waals surface area contributed by atoms with Gasteiger partial charge >= 0.3 is 0 Å². The fourth-order valence-corrected chi connectivity index (χ4v) is 1.99. The summed E-state index contributed by atoms with van der Waals surface area (Å²) in [5.41, 5.74) is 2.63. The van der Waals surface area contributed by atoms with Crippen LogP contribution in [0.15, 0.2) is 30.3 Å². The fraction of sp³-hybridized carbons (Fsp3) is 0.250. The number of nitriles is 1. The van der Waals surface area contributed by atoms with Gasteiger partial charge in [-0.1, -0.05) is 37.6 Å². The first kappa shape index (κ1) is 14.4. The van der Waals surface area contributed by atoms with E-state index in [-0.39, 0.29) is 5.15 Å².